The first kappa shape index (κ1) is 19.7. The number of nitrogens with one attached hydrogen (secondary N) is 1. The third kappa shape index (κ3) is 3.38. The van der Waals surface area contributed by atoms with Crippen LogP contribution in [0.5, 0.6) is 0 Å². The molecule has 1 fully saturated rings. The molecule has 33 heavy (non-hydrogen) atoms. The van der Waals surface area contributed by atoms with E-state index >= 15 is 0 Å². The minimum atomic E-state index is 0.483. The molecule has 5 aromatic rings. The van der Waals surface area contributed by atoms with Crippen molar-refractivity contribution < 1.29 is 0 Å². The van der Waals surface area contributed by atoms with Crippen LogP contribution in [0.25, 0.3) is 44.2 Å². The number of aromatic nitrogens is 4. The number of nitrogens with zero attached hydrogens (tertiary/aromatic N) is 5. The Balaban J connectivity index is 1.58. The minimum absolute atomic E-state index is 0.483. The van der Waals surface area contributed by atoms with Crippen LogP contribution in [0.2, 0.25) is 0 Å². The van der Waals surface area contributed by atoms with Crippen molar-refractivity contribution in [2.45, 2.75) is 18.9 Å². The van der Waals surface area contributed by atoms with Crippen molar-refractivity contribution in [3.63, 3.8) is 0 Å². The maximum Gasteiger partial charge on any atom is 0.0991 e. The van der Waals surface area contributed by atoms with E-state index in [1.54, 1.807) is 0 Å². The van der Waals surface area contributed by atoms with Gasteiger partial charge in [-0.3, -0.25) is 9.67 Å². The summed E-state index contributed by atoms with van der Waals surface area (Å²) in [5.74, 6) is 0. The lowest BCUT2D eigenvalue weighted by molar-refractivity contribution is 0.376. The number of fused-ring (bicyclic) bond motifs is 2. The van der Waals surface area contributed by atoms with Gasteiger partial charge in [-0.05, 0) is 61.8 Å². The monoisotopic (exact) mass is 432 g/mol. The van der Waals surface area contributed by atoms with E-state index in [4.69, 9.17) is 4.98 Å². The highest BCUT2D eigenvalue weighted by Gasteiger charge is 2.20. The lowest BCUT2D eigenvalue weighted by Crippen LogP contribution is -2.29. The van der Waals surface area contributed by atoms with Gasteiger partial charge in [0.25, 0.3) is 0 Å². The fourth-order valence-electron chi connectivity index (χ4n) is 5.05. The number of nitriles is 1. The molecule has 162 valence electrons. The highest BCUT2D eigenvalue weighted by molar-refractivity contribution is 6.02. The molecule has 0 unspecified atom stereocenters. The lowest BCUT2D eigenvalue weighted by Gasteiger charge is -2.25. The molecule has 0 saturated carbocycles. The minimum Gasteiger partial charge on any atom is -0.343 e. The molecule has 1 N–H and O–H groups in total. The maximum absolute atomic E-state index is 9.27. The first-order chi connectivity index (χ1) is 16.2. The number of hydrogen-bond acceptors (Lipinski definition) is 4. The Morgan fingerprint density at radius 3 is 2.61 bits per heavy atom. The summed E-state index contributed by atoms with van der Waals surface area (Å²) in [5, 5.41) is 19.5. The second-order valence-corrected chi connectivity index (χ2v) is 8.75. The van der Waals surface area contributed by atoms with Gasteiger partial charge in [-0.2, -0.15) is 10.4 Å². The van der Waals surface area contributed by atoms with Crippen LogP contribution in [0.3, 0.4) is 0 Å². The Bertz CT molecular complexity index is 1510. The van der Waals surface area contributed by atoms with Gasteiger partial charge >= 0.3 is 0 Å². The van der Waals surface area contributed by atoms with E-state index in [-0.39, 0.29) is 0 Å². The average molecular weight is 433 g/mol. The van der Waals surface area contributed by atoms with Gasteiger partial charge in [0.15, 0.2) is 0 Å². The molecule has 2 aromatic carbocycles. The normalized spacial score (nSPS) is 14.7. The molecule has 0 spiro atoms. The van der Waals surface area contributed by atoms with Crippen molar-refractivity contribution in [2.75, 3.05) is 13.1 Å². The van der Waals surface area contributed by atoms with Crippen LogP contribution in [0.1, 0.15) is 24.4 Å². The predicted octanol–water partition coefficient (Wildman–Crippen LogP) is 5.05. The summed E-state index contributed by atoms with van der Waals surface area (Å²) in [6.45, 7) is 2.09. The molecule has 6 nitrogen and oxygen atoms in total. The fourth-order valence-corrected chi connectivity index (χ4v) is 5.05. The van der Waals surface area contributed by atoms with Gasteiger partial charge in [0, 0.05) is 47.4 Å². The molecule has 1 saturated heterocycles. The Kier molecular flexibility index (Phi) is 4.70. The van der Waals surface area contributed by atoms with Crippen LogP contribution in [0.4, 0.5) is 0 Å². The van der Waals surface area contributed by atoms with Crippen LogP contribution in [0.15, 0.2) is 67.1 Å². The molecule has 0 bridgehead atoms. The highest BCUT2D eigenvalue weighted by Crippen LogP contribution is 2.39. The van der Waals surface area contributed by atoms with Gasteiger partial charge in [-0.25, -0.2) is 0 Å². The van der Waals surface area contributed by atoms with E-state index in [0.717, 1.165) is 64.7 Å². The second kappa shape index (κ2) is 7.88. The van der Waals surface area contributed by atoms with Gasteiger partial charge in [0.2, 0.25) is 0 Å². The summed E-state index contributed by atoms with van der Waals surface area (Å²) < 4.78 is 4.23. The summed E-state index contributed by atoms with van der Waals surface area (Å²) >= 11 is 0. The largest absolute Gasteiger partial charge is 0.343 e. The third-order valence-electron chi connectivity index (χ3n) is 6.68. The van der Waals surface area contributed by atoms with E-state index in [0.29, 0.717) is 11.6 Å². The number of pyridine rings is 1. The summed E-state index contributed by atoms with van der Waals surface area (Å²) in [5.41, 5.74) is 6.97. The number of benzene rings is 2. The van der Waals surface area contributed by atoms with Crippen molar-refractivity contribution in [3.05, 3.63) is 72.7 Å². The standard InChI is InChI=1S/C27H24N6/c1-32-17-21-14-20(6-7-24(21)31-32)27-26(19-4-2-18(15-28)3-5-19)23-10-13-33(25(23)16-30-27)22-8-11-29-12-9-22/h2-7,10,13-14,16-17,22,29H,8-9,11-12H2,1H3. The highest BCUT2D eigenvalue weighted by atomic mass is 15.2. The molecule has 0 amide bonds. The van der Waals surface area contributed by atoms with Crippen molar-refractivity contribution >= 4 is 21.8 Å². The number of piperidine rings is 1. The maximum atomic E-state index is 9.27. The van der Waals surface area contributed by atoms with Crippen molar-refractivity contribution in [2.24, 2.45) is 7.05 Å². The van der Waals surface area contributed by atoms with Gasteiger partial charge in [-0.1, -0.05) is 18.2 Å². The van der Waals surface area contributed by atoms with E-state index in [2.05, 4.69) is 51.5 Å². The molecule has 3 aromatic heterocycles. The molecular weight excluding hydrogens is 408 g/mol. The first-order valence-corrected chi connectivity index (χ1v) is 11.4. The summed E-state index contributed by atoms with van der Waals surface area (Å²) in [4.78, 5) is 5.01. The van der Waals surface area contributed by atoms with Crippen LogP contribution in [-0.4, -0.2) is 32.4 Å². The first-order valence-electron chi connectivity index (χ1n) is 11.4. The van der Waals surface area contributed by atoms with E-state index < -0.39 is 0 Å². The topological polar surface area (TPSA) is 71.5 Å². The molecule has 0 atom stereocenters. The van der Waals surface area contributed by atoms with Gasteiger partial charge in [0.05, 0.1) is 34.6 Å². The Morgan fingerprint density at radius 2 is 1.82 bits per heavy atom. The summed E-state index contributed by atoms with van der Waals surface area (Å²) in [6, 6.07) is 19.1. The van der Waals surface area contributed by atoms with Crippen molar-refractivity contribution in [1.82, 2.24) is 24.6 Å². The molecule has 0 radical (unpaired) electrons. The Morgan fingerprint density at radius 1 is 1.03 bits per heavy atom. The van der Waals surface area contributed by atoms with Crippen molar-refractivity contribution in [1.29, 1.82) is 5.26 Å². The predicted molar refractivity (Wildman–Crippen MR) is 131 cm³/mol. The molecule has 4 heterocycles. The van der Waals surface area contributed by atoms with E-state index in [1.165, 1.54) is 5.39 Å². The Labute approximate surface area is 192 Å². The zero-order chi connectivity index (χ0) is 22.4. The summed E-state index contributed by atoms with van der Waals surface area (Å²) in [7, 11) is 1.94. The van der Waals surface area contributed by atoms with Crippen molar-refractivity contribution in [3.8, 4) is 28.5 Å². The lowest BCUT2D eigenvalue weighted by atomic mass is 9.95. The van der Waals surface area contributed by atoms with Crippen LogP contribution in [0, 0.1) is 11.3 Å². The van der Waals surface area contributed by atoms with Crippen LogP contribution in [-0.2, 0) is 7.05 Å². The molecule has 0 aliphatic carbocycles. The number of aryl methyl sites for hydroxylation is 1. The smallest absolute Gasteiger partial charge is 0.0991 e. The molecule has 6 heteroatoms. The van der Waals surface area contributed by atoms with Crippen LogP contribution >= 0.6 is 0 Å². The second-order valence-electron chi connectivity index (χ2n) is 8.75. The summed E-state index contributed by atoms with van der Waals surface area (Å²) in [6.07, 6.45) is 8.51. The zero-order valence-corrected chi connectivity index (χ0v) is 18.5. The molecular formula is C27H24N6. The van der Waals surface area contributed by atoms with Gasteiger partial charge < -0.3 is 9.88 Å². The number of hydrogen-bond donors (Lipinski definition) is 1. The average Bonchev–Trinajstić information content (AvgIpc) is 3.46. The van der Waals surface area contributed by atoms with Crippen LogP contribution < -0.4 is 5.32 Å². The quantitative estimate of drug-likeness (QED) is 0.433. The zero-order valence-electron chi connectivity index (χ0n) is 18.5. The fraction of sp³-hybridized carbons (Fsp3) is 0.222. The SMILES string of the molecule is Cn1cc2cc(-c3ncc4c(ccn4C4CCNCC4)c3-c3ccc(C#N)cc3)ccc2n1. The molecule has 1 aliphatic heterocycles. The van der Waals surface area contributed by atoms with E-state index in [9.17, 15) is 5.26 Å². The molecule has 1 aliphatic rings. The van der Waals surface area contributed by atoms with Gasteiger partial charge in [-0.15, -0.1) is 0 Å². The van der Waals surface area contributed by atoms with Gasteiger partial charge in [0.1, 0.15) is 0 Å². The van der Waals surface area contributed by atoms with E-state index in [1.807, 2.05) is 48.4 Å². The third-order valence-corrected chi connectivity index (χ3v) is 6.68. The number of rotatable bonds is 3. The molecule has 6 rings (SSSR count). The Hall–Kier alpha value is -3.95.